The number of aliphatic hydroxyl groups is 5. The van der Waals surface area contributed by atoms with Gasteiger partial charge in [-0.05, 0) is 19.3 Å². The van der Waals surface area contributed by atoms with Crippen LogP contribution in [0.15, 0.2) is 0 Å². The molecule has 0 spiro atoms. The molecule has 0 rings (SSSR count). The molecule has 1 atom stereocenters. The molecule has 0 fully saturated rings. The minimum atomic E-state index is -0.745. The Bertz CT molecular complexity index is 74.9. The molecule has 5 N–H and O–H groups in total. The van der Waals surface area contributed by atoms with E-state index in [9.17, 15) is 0 Å². The van der Waals surface area contributed by atoms with Crippen molar-refractivity contribution < 1.29 is 25.5 Å². The fraction of sp³-hybridized carbons (Fsp3) is 1.00. The summed E-state index contributed by atoms with van der Waals surface area (Å²) < 4.78 is 0. The van der Waals surface area contributed by atoms with E-state index in [4.69, 9.17) is 25.5 Å². The molecule has 0 saturated heterocycles. The van der Waals surface area contributed by atoms with Crippen LogP contribution in [0.5, 0.6) is 0 Å². The lowest BCUT2D eigenvalue weighted by Crippen LogP contribution is -2.12. The van der Waals surface area contributed by atoms with Gasteiger partial charge in [-0.2, -0.15) is 0 Å². The standard InChI is InChI=1S/C4H10O3.C4H10O2/c5-2-1-4(7)3-6;5-3-1-2-4-6/h4-7H,1-3H2;5-6H,1-4H2. The van der Waals surface area contributed by atoms with Gasteiger partial charge >= 0.3 is 0 Å². The van der Waals surface area contributed by atoms with Crippen molar-refractivity contribution in [3.8, 4) is 0 Å². The van der Waals surface area contributed by atoms with Gasteiger partial charge in [0.1, 0.15) is 0 Å². The lowest BCUT2D eigenvalue weighted by Gasteiger charge is -2.00. The zero-order valence-corrected chi connectivity index (χ0v) is 7.76. The van der Waals surface area contributed by atoms with Crippen molar-refractivity contribution in [1.29, 1.82) is 0 Å². The Hall–Kier alpha value is -0.200. The summed E-state index contributed by atoms with van der Waals surface area (Å²) in [4.78, 5) is 0. The quantitative estimate of drug-likeness (QED) is 0.332. The van der Waals surface area contributed by atoms with E-state index in [-0.39, 0.29) is 32.8 Å². The number of rotatable bonds is 6. The summed E-state index contributed by atoms with van der Waals surface area (Å²) in [7, 11) is 0. The Morgan fingerprint density at radius 2 is 1.23 bits per heavy atom. The predicted molar refractivity (Wildman–Crippen MR) is 48.2 cm³/mol. The van der Waals surface area contributed by atoms with Crippen LogP contribution in [0.2, 0.25) is 0 Å². The van der Waals surface area contributed by atoms with E-state index >= 15 is 0 Å². The molecule has 0 bridgehead atoms. The first-order chi connectivity index (χ1) is 6.22. The van der Waals surface area contributed by atoms with Crippen molar-refractivity contribution in [1.82, 2.24) is 0 Å². The average molecular weight is 196 g/mol. The minimum Gasteiger partial charge on any atom is -0.396 e. The monoisotopic (exact) mass is 196 g/mol. The van der Waals surface area contributed by atoms with Gasteiger partial charge in [0.05, 0.1) is 12.7 Å². The second kappa shape index (κ2) is 14.3. The first-order valence-corrected chi connectivity index (χ1v) is 4.34. The largest absolute Gasteiger partial charge is 0.396 e. The summed E-state index contributed by atoms with van der Waals surface area (Å²) >= 11 is 0. The molecule has 0 saturated carbocycles. The molecule has 5 heteroatoms. The summed E-state index contributed by atoms with van der Waals surface area (Å²) in [5.41, 5.74) is 0. The predicted octanol–water partition coefficient (Wildman–Crippen LogP) is -1.53. The van der Waals surface area contributed by atoms with Gasteiger partial charge < -0.3 is 25.5 Å². The van der Waals surface area contributed by atoms with Gasteiger partial charge in [0, 0.05) is 19.8 Å². The SMILES string of the molecule is OCCC(O)CO.OCCCCO. The Balaban J connectivity index is 0. The van der Waals surface area contributed by atoms with Gasteiger partial charge in [-0.15, -0.1) is 0 Å². The maximum absolute atomic E-state index is 8.45. The molecule has 0 aliphatic rings. The van der Waals surface area contributed by atoms with Crippen LogP contribution in [0.3, 0.4) is 0 Å². The highest BCUT2D eigenvalue weighted by Gasteiger charge is 1.96. The molecule has 13 heavy (non-hydrogen) atoms. The highest BCUT2D eigenvalue weighted by Crippen LogP contribution is 1.84. The van der Waals surface area contributed by atoms with Crippen molar-refractivity contribution in [2.75, 3.05) is 26.4 Å². The van der Waals surface area contributed by atoms with Crippen molar-refractivity contribution in [2.24, 2.45) is 0 Å². The van der Waals surface area contributed by atoms with Crippen LogP contribution in [0.25, 0.3) is 0 Å². The summed E-state index contributed by atoms with van der Waals surface area (Å²) in [6, 6.07) is 0. The molecule has 0 aromatic carbocycles. The summed E-state index contributed by atoms with van der Waals surface area (Å²) in [5, 5.41) is 40.8. The van der Waals surface area contributed by atoms with E-state index in [0.29, 0.717) is 0 Å². The number of aliphatic hydroxyl groups excluding tert-OH is 5. The fourth-order valence-corrected chi connectivity index (χ4v) is 0.464. The lowest BCUT2D eigenvalue weighted by atomic mass is 10.3. The molecule has 5 nitrogen and oxygen atoms in total. The maximum Gasteiger partial charge on any atom is 0.0792 e. The van der Waals surface area contributed by atoms with E-state index in [1.807, 2.05) is 0 Å². The van der Waals surface area contributed by atoms with E-state index in [2.05, 4.69) is 0 Å². The molecule has 0 aliphatic heterocycles. The van der Waals surface area contributed by atoms with Crippen molar-refractivity contribution in [2.45, 2.75) is 25.4 Å². The summed E-state index contributed by atoms with van der Waals surface area (Å²) in [5.74, 6) is 0. The second-order valence-corrected chi connectivity index (χ2v) is 2.50. The first-order valence-electron chi connectivity index (χ1n) is 4.34. The van der Waals surface area contributed by atoms with Crippen LogP contribution in [0.1, 0.15) is 19.3 Å². The first kappa shape index (κ1) is 15.3. The smallest absolute Gasteiger partial charge is 0.0792 e. The lowest BCUT2D eigenvalue weighted by molar-refractivity contribution is 0.0721. The second-order valence-electron chi connectivity index (χ2n) is 2.50. The van der Waals surface area contributed by atoms with Crippen molar-refractivity contribution >= 4 is 0 Å². The molecule has 82 valence electrons. The molecule has 0 aromatic rings. The number of unbranched alkanes of at least 4 members (excludes halogenated alkanes) is 1. The van der Waals surface area contributed by atoms with Crippen molar-refractivity contribution in [3.05, 3.63) is 0 Å². The van der Waals surface area contributed by atoms with Crippen LogP contribution in [-0.2, 0) is 0 Å². The molecule has 0 heterocycles. The third-order valence-electron chi connectivity index (χ3n) is 1.24. The van der Waals surface area contributed by atoms with Crippen LogP contribution >= 0.6 is 0 Å². The topological polar surface area (TPSA) is 101 Å². The highest BCUT2D eigenvalue weighted by atomic mass is 16.3. The Kier molecular flexibility index (Phi) is 16.8. The van der Waals surface area contributed by atoms with Gasteiger partial charge in [-0.3, -0.25) is 0 Å². The molecule has 0 aliphatic carbocycles. The van der Waals surface area contributed by atoms with E-state index in [1.54, 1.807) is 0 Å². The van der Waals surface area contributed by atoms with E-state index in [0.717, 1.165) is 12.8 Å². The zero-order chi connectivity index (χ0) is 10.5. The molecule has 1 unspecified atom stereocenters. The third kappa shape index (κ3) is 18.6. The summed E-state index contributed by atoms with van der Waals surface area (Å²) in [6.45, 7) is 0.0589. The Morgan fingerprint density at radius 3 is 1.38 bits per heavy atom. The van der Waals surface area contributed by atoms with Crippen LogP contribution in [0.4, 0.5) is 0 Å². The van der Waals surface area contributed by atoms with Gasteiger partial charge in [-0.25, -0.2) is 0 Å². The van der Waals surface area contributed by atoms with Crippen LogP contribution < -0.4 is 0 Å². The van der Waals surface area contributed by atoms with E-state index in [1.165, 1.54) is 0 Å². The van der Waals surface area contributed by atoms with Gasteiger partial charge in [-0.1, -0.05) is 0 Å². The number of hydrogen-bond donors (Lipinski definition) is 5. The van der Waals surface area contributed by atoms with Crippen molar-refractivity contribution in [3.63, 3.8) is 0 Å². The zero-order valence-electron chi connectivity index (χ0n) is 7.76. The normalized spacial score (nSPS) is 11.8. The highest BCUT2D eigenvalue weighted by molar-refractivity contribution is 4.48. The van der Waals surface area contributed by atoms with Gasteiger partial charge in [0.15, 0.2) is 0 Å². The molecular weight excluding hydrogens is 176 g/mol. The Labute approximate surface area is 78.3 Å². The molecular formula is C8H20O5. The van der Waals surface area contributed by atoms with Crippen LogP contribution in [-0.4, -0.2) is 58.1 Å². The fourth-order valence-electron chi connectivity index (χ4n) is 0.464. The third-order valence-corrected chi connectivity index (χ3v) is 1.24. The van der Waals surface area contributed by atoms with E-state index < -0.39 is 6.10 Å². The maximum atomic E-state index is 8.45. The van der Waals surface area contributed by atoms with Gasteiger partial charge in [0.25, 0.3) is 0 Å². The summed E-state index contributed by atoms with van der Waals surface area (Å²) in [6.07, 6.45) is 0.953. The molecule has 0 radical (unpaired) electrons. The minimum absolute atomic E-state index is 0.0677. The van der Waals surface area contributed by atoms with Gasteiger partial charge in [0.2, 0.25) is 0 Å². The number of hydrogen-bond acceptors (Lipinski definition) is 5. The Morgan fingerprint density at radius 1 is 0.769 bits per heavy atom. The molecule has 0 amide bonds. The average Bonchev–Trinajstić information content (AvgIpc) is 2.16. The molecule has 0 aromatic heterocycles. The van der Waals surface area contributed by atoms with Crippen LogP contribution in [0, 0.1) is 0 Å².